The van der Waals surface area contributed by atoms with Crippen molar-refractivity contribution >= 4 is 40.0 Å². The Kier molecular flexibility index (Phi) is 3.81. The summed E-state index contributed by atoms with van der Waals surface area (Å²) < 4.78 is 0. The molecule has 2 nitrogen and oxygen atoms in total. The lowest BCUT2D eigenvalue weighted by molar-refractivity contribution is 1.34. The average molecular weight is 301 g/mol. The van der Waals surface area contributed by atoms with Crippen LogP contribution in [0.4, 0.5) is 5.69 Å². The van der Waals surface area contributed by atoms with Gasteiger partial charge in [0.2, 0.25) is 0 Å². The van der Waals surface area contributed by atoms with E-state index in [9.17, 15) is 0 Å². The third kappa shape index (κ3) is 2.60. The first kappa shape index (κ1) is 13.3. The number of anilines is 1. The number of benzene rings is 2. The fraction of sp³-hybridized carbons (Fsp3) is 0.0625. The number of thioether (sulfide) groups is 1. The highest BCUT2D eigenvalue weighted by Gasteiger charge is 2.08. The van der Waals surface area contributed by atoms with Gasteiger partial charge in [0.05, 0.1) is 17.4 Å². The maximum absolute atomic E-state index is 6.19. The molecular weight excluding hydrogens is 288 g/mol. The van der Waals surface area contributed by atoms with Gasteiger partial charge in [0.1, 0.15) is 0 Å². The summed E-state index contributed by atoms with van der Waals surface area (Å²) in [6.07, 6.45) is 1.72. The molecule has 2 aromatic carbocycles. The first-order chi connectivity index (χ1) is 9.75. The molecular formula is C16H13ClN2S. The molecule has 0 saturated heterocycles. The summed E-state index contributed by atoms with van der Waals surface area (Å²) in [5, 5.41) is 1.88. The van der Waals surface area contributed by atoms with Gasteiger partial charge in [-0.3, -0.25) is 4.98 Å². The van der Waals surface area contributed by atoms with Crippen molar-refractivity contribution in [2.45, 2.75) is 10.6 Å². The Hall–Kier alpha value is -1.71. The van der Waals surface area contributed by atoms with E-state index in [0.717, 1.165) is 32.1 Å². The molecule has 100 valence electrons. The predicted octanol–water partition coefficient (Wildman–Crippen LogP) is 4.76. The van der Waals surface area contributed by atoms with Gasteiger partial charge in [0.25, 0.3) is 0 Å². The largest absolute Gasteiger partial charge is 0.397 e. The first-order valence-electron chi connectivity index (χ1n) is 6.25. The van der Waals surface area contributed by atoms with E-state index in [-0.39, 0.29) is 0 Å². The van der Waals surface area contributed by atoms with Gasteiger partial charge in [-0.15, -0.1) is 11.8 Å². The highest BCUT2D eigenvalue weighted by molar-refractivity contribution is 7.99. The Morgan fingerprint density at radius 2 is 1.80 bits per heavy atom. The fourth-order valence-electron chi connectivity index (χ4n) is 2.06. The second kappa shape index (κ2) is 5.73. The van der Waals surface area contributed by atoms with Crippen LogP contribution < -0.4 is 5.73 Å². The molecule has 0 aliphatic rings. The summed E-state index contributed by atoms with van der Waals surface area (Å²) >= 11 is 7.89. The second-order valence-corrected chi connectivity index (χ2v) is 5.83. The molecule has 0 atom stereocenters. The predicted molar refractivity (Wildman–Crippen MR) is 87.2 cm³/mol. The minimum atomic E-state index is 0.709. The van der Waals surface area contributed by atoms with Crippen LogP contribution in [0.2, 0.25) is 5.02 Å². The van der Waals surface area contributed by atoms with Crippen LogP contribution in [0.25, 0.3) is 10.9 Å². The van der Waals surface area contributed by atoms with Crippen LogP contribution in [-0.2, 0) is 5.75 Å². The zero-order valence-electron chi connectivity index (χ0n) is 10.7. The lowest BCUT2D eigenvalue weighted by atomic mass is 10.2. The van der Waals surface area contributed by atoms with E-state index in [1.165, 1.54) is 0 Å². The lowest BCUT2D eigenvalue weighted by Gasteiger charge is -2.09. The summed E-state index contributed by atoms with van der Waals surface area (Å²) in [6, 6.07) is 15.9. The molecule has 0 bridgehead atoms. The van der Waals surface area contributed by atoms with Crippen molar-refractivity contribution in [3.63, 3.8) is 0 Å². The maximum atomic E-state index is 6.19. The van der Waals surface area contributed by atoms with Crippen molar-refractivity contribution in [1.29, 1.82) is 0 Å². The number of halogens is 1. The molecule has 20 heavy (non-hydrogen) atoms. The van der Waals surface area contributed by atoms with Gasteiger partial charge in [0, 0.05) is 21.1 Å². The normalized spacial score (nSPS) is 10.8. The number of para-hydroxylation sites is 1. The summed E-state index contributed by atoms with van der Waals surface area (Å²) in [7, 11) is 0. The van der Waals surface area contributed by atoms with Gasteiger partial charge in [0.15, 0.2) is 0 Å². The summed E-state index contributed by atoms with van der Waals surface area (Å²) in [4.78, 5) is 5.41. The monoisotopic (exact) mass is 300 g/mol. The molecule has 0 saturated carbocycles. The van der Waals surface area contributed by atoms with Crippen LogP contribution in [-0.4, -0.2) is 4.98 Å². The van der Waals surface area contributed by atoms with Gasteiger partial charge >= 0.3 is 0 Å². The number of hydrogen-bond acceptors (Lipinski definition) is 3. The summed E-state index contributed by atoms with van der Waals surface area (Å²) in [5.41, 5.74) is 8.85. The first-order valence-corrected chi connectivity index (χ1v) is 7.61. The minimum absolute atomic E-state index is 0.709. The van der Waals surface area contributed by atoms with Crippen molar-refractivity contribution < 1.29 is 0 Å². The number of aromatic nitrogens is 1. The molecule has 0 amide bonds. The maximum Gasteiger partial charge on any atom is 0.0714 e. The van der Waals surface area contributed by atoms with E-state index in [1.807, 2.05) is 48.5 Å². The third-order valence-electron chi connectivity index (χ3n) is 3.08. The number of nitrogens with two attached hydrogens (primary N) is 1. The summed E-state index contributed by atoms with van der Waals surface area (Å²) in [6.45, 7) is 0. The van der Waals surface area contributed by atoms with Gasteiger partial charge in [-0.2, -0.15) is 0 Å². The van der Waals surface area contributed by atoms with Gasteiger partial charge in [-0.1, -0.05) is 48.0 Å². The molecule has 3 rings (SSSR count). The highest BCUT2D eigenvalue weighted by Crippen LogP contribution is 2.35. The molecule has 0 fully saturated rings. The van der Waals surface area contributed by atoms with E-state index < -0.39 is 0 Å². The molecule has 0 aliphatic heterocycles. The Labute approximate surface area is 127 Å². The van der Waals surface area contributed by atoms with Crippen molar-refractivity contribution in [2.24, 2.45) is 0 Å². The Morgan fingerprint density at radius 3 is 2.65 bits per heavy atom. The summed E-state index contributed by atoms with van der Waals surface area (Å²) in [5.74, 6) is 0.790. The molecule has 0 radical (unpaired) electrons. The fourth-order valence-corrected chi connectivity index (χ4v) is 3.44. The van der Waals surface area contributed by atoms with E-state index >= 15 is 0 Å². The van der Waals surface area contributed by atoms with E-state index in [1.54, 1.807) is 18.0 Å². The molecule has 2 N–H and O–H groups in total. The quantitative estimate of drug-likeness (QED) is 0.709. The number of pyridine rings is 1. The zero-order valence-corrected chi connectivity index (χ0v) is 12.3. The van der Waals surface area contributed by atoms with Crippen molar-refractivity contribution in [2.75, 3.05) is 5.73 Å². The molecule has 4 heteroatoms. The standard InChI is InChI=1S/C16H13ClN2S/c17-13-7-3-1-5-11(13)10-20-16-12-6-2-4-8-15(12)19-9-14(16)18/h1-9H,10,18H2. The zero-order chi connectivity index (χ0) is 13.9. The van der Waals surface area contributed by atoms with Gasteiger partial charge < -0.3 is 5.73 Å². The Morgan fingerprint density at radius 1 is 1.05 bits per heavy atom. The van der Waals surface area contributed by atoms with Crippen LogP contribution in [0, 0.1) is 0 Å². The molecule has 1 aromatic heterocycles. The van der Waals surface area contributed by atoms with E-state index in [4.69, 9.17) is 17.3 Å². The number of fused-ring (bicyclic) bond motifs is 1. The molecule has 3 aromatic rings. The highest BCUT2D eigenvalue weighted by atomic mass is 35.5. The van der Waals surface area contributed by atoms with Gasteiger partial charge in [-0.05, 0) is 17.7 Å². The SMILES string of the molecule is Nc1cnc2ccccc2c1SCc1ccccc1Cl. The van der Waals surface area contributed by atoms with Crippen molar-refractivity contribution in [3.05, 3.63) is 65.3 Å². The third-order valence-corrected chi connectivity index (χ3v) is 4.65. The Balaban J connectivity index is 1.95. The number of nitrogens with zero attached hydrogens (tertiary/aromatic N) is 1. The average Bonchev–Trinajstić information content (AvgIpc) is 2.48. The second-order valence-electron chi connectivity index (χ2n) is 4.44. The van der Waals surface area contributed by atoms with E-state index in [0.29, 0.717) is 5.69 Å². The minimum Gasteiger partial charge on any atom is -0.397 e. The number of hydrogen-bond donors (Lipinski definition) is 1. The van der Waals surface area contributed by atoms with Crippen molar-refractivity contribution in [3.8, 4) is 0 Å². The molecule has 1 heterocycles. The molecule has 0 aliphatic carbocycles. The molecule has 0 spiro atoms. The van der Waals surface area contributed by atoms with Crippen LogP contribution in [0.1, 0.15) is 5.56 Å². The van der Waals surface area contributed by atoms with Gasteiger partial charge in [-0.25, -0.2) is 0 Å². The van der Waals surface area contributed by atoms with Crippen LogP contribution in [0.15, 0.2) is 59.6 Å². The smallest absolute Gasteiger partial charge is 0.0714 e. The number of nitrogen functional groups attached to an aromatic ring is 1. The lowest BCUT2D eigenvalue weighted by Crippen LogP contribution is -1.93. The topological polar surface area (TPSA) is 38.9 Å². The van der Waals surface area contributed by atoms with E-state index in [2.05, 4.69) is 4.98 Å². The molecule has 0 unspecified atom stereocenters. The van der Waals surface area contributed by atoms with Crippen LogP contribution in [0.5, 0.6) is 0 Å². The Bertz CT molecular complexity index is 758. The van der Waals surface area contributed by atoms with Crippen molar-refractivity contribution in [1.82, 2.24) is 4.98 Å². The van der Waals surface area contributed by atoms with Crippen LogP contribution in [0.3, 0.4) is 0 Å². The van der Waals surface area contributed by atoms with Crippen LogP contribution >= 0.6 is 23.4 Å². The number of rotatable bonds is 3.